The van der Waals surface area contributed by atoms with Gasteiger partial charge < -0.3 is 10.4 Å². The summed E-state index contributed by atoms with van der Waals surface area (Å²) in [5.74, 6) is -1.45. The minimum atomic E-state index is -1.09. The molecule has 0 saturated carbocycles. The van der Waals surface area contributed by atoms with E-state index in [-0.39, 0.29) is 16.5 Å². The number of thiophene rings is 1. The molecular formula is C24H16ClNO3S. The first kappa shape index (κ1) is 19.9. The molecule has 6 heteroatoms. The molecule has 0 unspecified atom stereocenters. The van der Waals surface area contributed by atoms with Crippen LogP contribution >= 0.6 is 22.9 Å². The van der Waals surface area contributed by atoms with Crippen LogP contribution in [0.15, 0.2) is 84.9 Å². The van der Waals surface area contributed by atoms with Gasteiger partial charge in [0.1, 0.15) is 4.88 Å². The van der Waals surface area contributed by atoms with Gasteiger partial charge in [0.2, 0.25) is 0 Å². The number of halogens is 1. The number of amides is 1. The van der Waals surface area contributed by atoms with Crippen molar-refractivity contribution in [2.75, 3.05) is 5.32 Å². The number of anilines is 1. The van der Waals surface area contributed by atoms with E-state index in [1.54, 1.807) is 30.3 Å². The molecule has 1 heterocycles. The van der Waals surface area contributed by atoms with Crippen LogP contribution in [0.5, 0.6) is 0 Å². The molecule has 1 amide bonds. The number of benzene rings is 3. The lowest BCUT2D eigenvalue weighted by molar-refractivity contribution is 0.0703. The standard InChI is InChI=1S/C24H16ClNO3S/c25-19-12-10-17(11-13-19)21-14-20(22(30-21)24(28)29)26-23(27)18-8-6-16(7-9-18)15-4-2-1-3-5-15/h1-14H,(H,26,27)(H,28,29). The minimum absolute atomic E-state index is 0.0780. The summed E-state index contributed by atoms with van der Waals surface area (Å²) in [7, 11) is 0. The first-order chi connectivity index (χ1) is 14.5. The number of carboxylic acids is 1. The zero-order valence-corrected chi connectivity index (χ0v) is 17.2. The lowest BCUT2D eigenvalue weighted by Gasteiger charge is -2.06. The van der Waals surface area contributed by atoms with Gasteiger partial charge in [-0.2, -0.15) is 0 Å². The predicted octanol–water partition coefficient (Wildman–Crippen LogP) is 6.69. The van der Waals surface area contributed by atoms with E-state index >= 15 is 0 Å². The average molecular weight is 434 g/mol. The number of carbonyl (C=O) groups excluding carboxylic acids is 1. The SMILES string of the molecule is O=C(Nc1cc(-c2ccc(Cl)cc2)sc1C(=O)O)c1ccc(-c2ccccc2)cc1. The van der Waals surface area contributed by atoms with Crippen molar-refractivity contribution in [1.82, 2.24) is 0 Å². The van der Waals surface area contributed by atoms with Gasteiger partial charge >= 0.3 is 5.97 Å². The maximum atomic E-state index is 12.7. The molecule has 30 heavy (non-hydrogen) atoms. The van der Waals surface area contributed by atoms with E-state index < -0.39 is 5.97 Å². The molecule has 0 aliphatic carbocycles. The molecule has 148 valence electrons. The summed E-state index contributed by atoms with van der Waals surface area (Å²) in [6, 6.07) is 25.8. The maximum Gasteiger partial charge on any atom is 0.348 e. The molecule has 0 spiro atoms. The molecule has 4 rings (SSSR count). The van der Waals surface area contributed by atoms with Crippen LogP contribution in [0.2, 0.25) is 5.02 Å². The van der Waals surface area contributed by atoms with Crippen molar-refractivity contribution in [2.24, 2.45) is 0 Å². The lowest BCUT2D eigenvalue weighted by atomic mass is 10.0. The third-order valence-electron chi connectivity index (χ3n) is 4.56. The van der Waals surface area contributed by atoms with Gasteiger partial charge in [0, 0.05) is 15.5 Å². The van der Waals surface area contributed by atoms with Gasteiger partial charge in [-0.25, -0.2) is 4.79 Å². The smallest absolute Gasteiger partial charge is 0.348 e. The third kappa shape index (κ3) is 4.27. The van der Waals surface area contributed by atoms with Crippen LogP contribution in [0.25, 0.3) is 21.6 Å². The highest BCUT2D eigenvalue weighted by molar-refractivity contribution is 7.18. The number of rotatable bonds is 5. The van der Waals surface area contributed by atoms with E-state index in [2.05, 4.69) is 5.32 Å². The Balaban J connectivity index is 1.58. The summed E-state index contributed by atoms with van der Waals surface area (Å²) in [5.41, 5.74) is 3.61. The normalized spacial score (nSPS) is 10.6. The molecule has 0 radical (unpaired) electrons. The van der Waals surface area contributed by atoms with Crippen molar-refractivity contribution in [1.29, 1.82) is 0 Å². The number of carbonyl (C=O) groups is 2. The fraction of sp³-hybridized carbons (Fsp3) is 0. The Bertz CT molecular complexity index is 1200. The van der Waals surface area contributed by atoms with Gasteiger partial charge in [-0.05, 0) is 47.0 Å². The van der Waals surface area contributed by atoms with Crippen LogP contribution in [0, 0.1) is 0 Å². The summed E-state index contributed by atoms with van der Waals surface area (Å²) < 4.78 is 0. The van der Waals surface area contributed by atoms with Crippen molar-refractivity contribution in [3.8, 4) is 21.6 Å². The lowest BCUT2D eigenvalue weighted by Crippen LogP contribution is -2.13. The Kier molecular flexibility index (Phi) is 5.65. The van der Waals surface area contributed by atoms with Gasteiger partial charge in [0.15, 0.2) is 0 Å². The first-order valence-corrected chi connectivity index (χ1v) is 10.3. The Morgan fingerprint density at radius 3 is 2.03 bits per heavy atom. The molecule has 0 saturated heterocycles. The largest absolute Gasteiger partial charge is 0.477 e. The second-order valence-corrected chi connectivity index (χ2v) is 8.05. The molecule has 0 aliphatic rings. The first-order valence-electron chi connectivity index (χ1n) is 9.11. The van der Waals surface area contributed by atoms with Gasteiger partial charge in [-0.3, -0.25) is 4.79 Å². The molecule has 0 bridgehead atoms. The summed E-state index contributed by atoms with van der Waals surface area (Å²) in [5, 5.41) is 12.9. The van der Waals surface area contributed by atoms with Crippen LogP contribution in [0.1, 0.15) is 20.0 Å². The summed E-state index contributed by atoms with van der Waals surface area (Å²) >= 11 is 7.03. The molecule has 2 N–H and O–H groups in total. The molecule has 0 aliphatic heterocycles. The molecule has 4 aromatic rings. The number of nitrogens with one attached hydrogen (secondary N) is 1. The monoisotopic (exact) mass is 433 g/mol. The van der Waals surface area contributed by atoms with Crippen LogP contribution in [0.3, 0.4) is 0 Å². The van der Waals surface area contributed by atoms with Crippen molar-refractivity contribution in [2.45, 2.75) is 0 Å². The predicted molar refractivity (Wildman–Crippen MR) is 122 cm³/mol. The van der Waals surface area contributed by atoms with Crippen molar-refractivity contribution in [3.05, 3.63) is 100 Å². The van der Waals surface area contributed by atoms with E-state index in [1.807, 2.05) is 54.6 Å². The zero-order chi connectivity index (χ0) is 21.1. The fourth-order valence-electron chi connectivity index (χ4n) is 3.04. The molecule has 1 aromatic heterocycles. The minimum Gasteiger partial charge on any atom is -0.477 e. The van der Waals surface area contributed by atoms with E-state index in [0.29, 0.717) is 10.6 Å². The Morgan fingerprint density at radius 2 is 1.40 bits per heavy atom. The van der Waals surface area contributed by atoms with Crippen molar-refractivity contribution >= 4 is 40.5 Å². The number of hydrogen-bond donors (Lipinski definition) is 2. The molecule has 4 nitrogen and oxygen atoms in total. The molecule has 3 aromatic carbocycles. The fourth-order valence-corrected chi connectivity index (χ4v) is 4.12. The van der Waals surface area contributed by atoms with Gasteiger partial charge in [-0.1, -0.05) is 66.2 Å². The van der Waals surface area contributed by atoms with Gasteiger partial charge in [0.05, 0.1) is 5.69 Å². The third-order valence-corrected chi connectivity index (χ3v) is 5.98. The zero-order valence-electron chi connectivity index (χ0n) is 15.6. The van der Waals surface area contributed by atoms with E-state index in [9.17, 15) is 14.7 Å². The Hall–Kier alpha value is -3.41. The second kappa shape index (κ2) is 8.53. The van der Waals surface area contributed by atoms with Gasteiger partial charge in [-0.15, -0.1) is 11.3 Å². The van der Waals surface area contributed by atoms with Crippen LogP contribution in [-0.4, -0.2) is 17.0 Å². The topological polar surface area (TPSA) is 66.4 Å². The quantitative estimate of drug-likeness (QED) is 0.368. The maximum absolute atomic E-state index is 12.7. The molecule has 0 atom stereocenters. The van der Waals surface area contributed by atoms with Crippen LogP contribution in [0.4, 0.5) is 5.69 Å². The van der Waals surface area contributed by atoms with E-state index in [1.165, 1.54) is 0 Å². The highest BCUT2D eigenvalue weighted by atomic mass is 35.5. The van der Waals surface area contributed by atoms with Crippen molar-refractivity contribution in [3.63, 3.8) is 0 Å². The Labute approximate surface area is 182 Å². The second-order valence-electron chi connectivity index (χ2n) is 6.56. The van der Waals surface area contributed by atoms with Gasteiger partial charge in [0.25, 0.3) is 5.91 Å². The highest BCUT2D eigenvalue weighted by Gasteiger charge is 2.19. The summed E-state index contributed by atoms with van der Waals surface area (Å²) in [6.45, 7) is 0. The highest BCUT2D eigenvalue weighted by Crippen LogP contribution is 2.35. The summed E-state index contributed by atoms with van der Waals surface area (Å²) in [4.78, 5) is 25.2. The molecular weight excluding hydrogens is 418 g/mol. The van der Waals surface area contributed by atoms with E-state index in [4.69, 9.17) is 11.6 Å². The van der Waals surface area contributed by atoms with Crippen LogP contribution in [-0.2, 0) is 0 Å². The Morgan fingerprint density at radius 1 is 0.800 bits per heavy atom. The molecule has 0 fully saturated rings. The number of hydrogen-bond acceptors (Lipinski definition) is 3. The van der Waals surface area contributed by atoms with Crippen molar-refractivity contribution < 1.29 is 14.7 Å². The number of carboxylic acid groups (broad SMARTS) is 1. The number of aromatic carboxylic acids is 1. The van der Waals surface area contributed by atoms with E-state index in [0.717, 1.165) is 32.9 Å². The van der Waals surface area contributed by atoms with Crippen LogP contribution < -0.4 is 5.32 Å². The average Bonchev–Trinajstić information content (AvgIpc) is 3.19. The summed E-state index contributed by atoms with van der Waals surface area (Å²) in [6.07, 6.45) is 0.